The number of benzene rings is 1. The zero-order chi connectivity index (χ0) is 19.1. The van der Waals surface area contributed by atoms with Crippen molar-refractivity contribution in [3.63, 3.8) is 0 Å². The summed E-state index contributed by atoms with van der Waals surface area (Å²) in [4.78, 5) is 37.2. The molecule has 3 N–H and O–H groups in total. The summed E-state index contributed by atoms with van der Waals surface area (Å²) in [5.41, 5.74) is 0.923. The summed E-state index contributed by atoms with van der Waals surface area (Å²) in [5, 5.41) is 14.7. The van der Waals surface area contributed by atoms with Crippen LogP contribution in [0.4, 0.5) is 0 Å². The molecule has 1 aromatic rings. The number of nitrogens with zero attached hydrogens (tertiary/aromatic N) is 1. The monoisotopic (exact) mass is 361 g/mol. The van der Waals surface area contributed by atoms with Crippen LogP contribution in [0.15, 0.2) is 24.3 Å². The van der Waals surface area contributed by atoms with Crippen LogP contribution in [0, 0.1) is 0 Å². The van der Waals surface area contributed by atoms with Crippen LogP contribution in [-0.4, -0.2) is 59.5 Å². The molecule has 0 saturated heterocycles. The molecule has 7 nitrogen and oxygen atoms in total. The first kappa shape index (κ1) is 19.9. The van der Waals surface area contributed by atoms with Crippen LogP contribution < -0.4 is 10.6 Å². The van der Waals surface area contributed by atoms with Gasteiger partial charge in [-0.25, -0.2) is 0 Å². The molecule has 142 valence electrons. The zero-order valence-corrected chi connectivity index (χ0v) is 15.3. The van der Waals surface area contributed by atoms with Crippen molar-refractivity contribution >= 4 is 17.8 Å². The Bertz CT molecular complexity index is 656. The molecule has 0 aliphatic heterocycles. The molecule has 1 fully saturated rings. The Hall–Kier alpha value is -2.41. The third-order valence-electron chi connectivity index (χ3n) is 4.63. The van der Waals surface area contributed by atoms with E-state index in [1.165, 1.54) is 0 Å². The first-order valence-electron chi connectivity index (χ1n) is 9.09. The number of nitrogens with one attached hydrogen (secondary N) is 2. The van der Waals surface area contributed by atoms with Gasteiger partial charge < -0.3 is 15.7 Å². The Morgan fingerprint density at radius 3 is 2.38 bits per heavy atom. The molecule has 7 heteroatoms. The summed E-state index contributed by atoms with van der Waals surface area (Å²) in [6.45, 7) is 5.21. The Kier molecular flexibility index (Phi) is 7.15. The number of aliphatic carboxylic acids is 1. The van der Waals surface area contributed by atoms with Gasteiger partial charge in [0.1, 0.15) is 0 Å². The van der Waals surface area contributed by atoms with Gasteiger partial charge in [-0.15, -0.1) is 0 Å². The molecule has 26 heavy (non-hydrogen) atoms. The second-order valence-corrected chi connectivity index (χ2v) is 6.59. The summed E-state index contributed by atoms with van der Waals surface area (Å²) in [6, 6.07) is 6.89. The second kappa shape index (κ2) is 9.33. The van der Waals surface area contributed by atoms with Crippen molar-refractivity contribution < 1.29 is 19.5 Å². The standard InChI is InChI=1S/C19H27N3O4/c1-3-8-20-18(25)13-6-5-7-14(9-13)19(26)21-15-10-16(11-15)22(4-2)12-17(23)24/h5-7,9,15-16H,3-4,8,10-12H2,1-2H3,(H,20,25)(H,21,26)(H,23,24). The molecule has 1 aromatic carbocycles. The van der Waals surface area contributed by atoms with Crippen LogP contribution >= 0.6 is 0 Å². The van der Waals surface area contributed by atoms with Crippen molar-refractivity contribution in [2.24, 2.45) is 0 Å². The summed E-state index contributed by atoms with van der Waals surface area (Å²) in [6.07, 6.45) is 2.33. The Morgan fingerprint density at radius 1 is 1.15 bits per heavy atom. The molecule has 0 unspecified atom stereocenters. The first-order valence-corrected chi connectivity index (χ1v) is 9.09. The maximum atomic E-state index is 12.4. The normalized spacial score (nSPS) is 18.9. The van der Waals surface area contributed by atoms with Crippen molar-refractivity contribution in [1.82, 2.24) is 15.5 Å². The van der Waals surface area contributed by atoms with Gasteiger partial charge >= 0.3 is 5.97 Å². The summed E-state index contributed by atoms with van der Waals surface area (Å²) in [7, 11) is 0. The third kappa shape index (κ3) is 5.29. The predicted octanol–water partition coefficient (Wildman–Crippen LogP) is 1.49. The molecule has 1 saturated carbocycles. The quantitative estimate of drug-likeness (QED) is 0.619. The highest BCUT2D eigenvalue weighted by Crippen LogP contribution is 2.25. The highest BCUT2D eigenvalue weighted by Gasteiger charge is 2.34. The molecule has 0 bridgehead atoms. The van der Waals surface area contributed by atoms with Gasteiger partial charge in [-0.2, -0.15) is 0 Å². The molecule has 0 spiro atoms. The summed E-state index contributed by atoms with van der Waals surface area (Å²) >= 11 is 0. The highest BCUT2D eigenvalue weighted by atomic mass is 16.4. The molecule has 0 atom stereocenters. The van der Waals surface area contributed by atoms with Gasteiger partial charge in [-0.1, -0.05) is 19.9 Å². The molecular formula is C19H27N3O4. The molecule has 0 radical (unpaired) electrons. The topological polar surface area (TPSA) is 98.7 Å². The molecular weight excluding hydrogens is 334 g/mol. The fourth-order valence-corrected chi connectivity index (χ4v) is 3.09. The molecule has 0 aromatic heterocycles. The van der Waals surface area contributed by atoms with Crippen molar-refractivity contribution in [3.8, 4) is 0 Å². The van der Waals surface area contributed by atoms with E-state index in [9.17, 15) is 14.4 Å². The average Bonchev–Trinajstić information content (AvgIpc) is 2.60. The Morgan fingerprint density at radius 2 is 1.81 bits per heavy atom. The number of amides is 2. The first-order chi connectivity index (χ1) is 12.4. The van der Waals surface area contributed by atoms with Crippen LogP contribution in [-0.2, 0) is 4.79 Å². The number of hydrogen-bond acceptors (Lipinski definition) is 4. The lowest BCUT2D eigenvalue weighted by atomic mass is 9.85. The second-order valence-electron chi connectivity index (χ2n) is 6.59. The van der Waals surface area contributed by atoms with Crippen molar-refractivity contribution in [3.05, 3.63) is 35.4 Å². The number of carboxylic acids is 1. The van der Waals surface area contributed by atoms with Gasteiger partial charge in [0.05, 0.1) is 6.54 Å². The van der Waals surface area contributed by atoms with Gasteiger partial charge in [0, 0.05) is 29.8 Å². The smallest absolute Gasteiger partial charge is 0.317 e. The van der Waals surface area contributed by atoms with E-state index in [0.29, 0.717) is 24.2 Å². The van der Waals surface area contributed by atoms with Crippen molar-refractivity contribution in [2.45, 2.75) is 45.2 Å². The number of rotatable bonds is 9. The predicted molar refractivity (Wildman–Crippen MR) is 98.2 cm³/mol. The van der Waals surface area contributed by atoms with Crippen molar-refractivity contribution in [1.29, 1.82) is 0 Å². The molecule has 2 rings (SSSR count). The number of carbonyl (C=O) groups excluding carboxylic acids is 2. The van der Waals surface area contributed by atoms with Crippen LogP contribution in [0.1, 0.15) is 53.8 Å². The van der Waals surface area contributed by atoms with Crippen molar-refractivity contribution in [2.75, 3.05) is 19.6 Å². The molecule has 1 aliphatic rings. The maximum absolute atomic E-state index is 12.4. The van der Waals surface area contributed by atoms with Crippen LogP contribution in [0.2, 0.25) is 0 Å². The van der Waals surface area contributed by atoms with E-state index >= 15 is 0 Å². The number of carbonyl (C=O) groups is 3. The largest absolute Gasteiger partial charge is 0.480 e. The fourth-order valence-electron chi connectivity index (χ4n) is 3.09. The van der Waals surface area contributed by atoms with Crippen LogP contribution in [0.3, 0.4) is 0 Å². The van der Waals surface area contributed by atoms with E-state index in [1.54, 1.807) is 24.3 Å². The molecule has 0 heterocycles. The van der Waals surface area contributed by atoms with E-state index < -0.39 is 5.97 Å². The van der Waals surface area contributed by atoms with Gasteiger partial charge in [0.15, 0.2) is 0 Å². The van der Waals surface area contributed by atoms with E-state index in [2.05, 4.69) is 10.6 Å². The number of carboxylic acid groups (broad SMARTS) is 1. The summed E-state index contributed by atoms with van der Waals surface area (Å²) < 4.78 is 0. The van der Waals surface area contributed by atoms with Gasteiger partial charge in [0.2, 0.25) is 0 Å². The average molecular weight is 361 g/mol. The van der Waals surface area contributed by atoms with Gasteiger partial charge in [-0.3, -0.25) is 19.3 Å². The summed E-state index contributed by atoms with van der Waals surface area (Å²) in [5.74, 6) is -1.23. The highest BCUT2D eigenvalue weighted by molar-refractivity contribution is 5.99. The fraction of sp³-hybridized carbons (Fsp3) is 0.526. The zero-order valence-electron chi connectivity index (χ0n) is 15.3. The Labute approximate surface area is 153 Å². The lowest BCUT2D eigenvalue weighted by Crippen LogP contribution is -2.54. The van der Waals surface area contributed by atoms with Crippen LogP contribution in [0.5, 0.6) is 0 Å². The minimum absolute atomic E-state index is 0.0246. The Balaban J connectivity index is 1.87. The van der Waals surface area contributed by atoms with E-state index in [0.717, 1.165) is 19.3 Å². The maximum Gasteiger partial charge on any atom is 0.317 e. The lowest BCUT2D eigenvalue weighted by Gasteiger charge is -2.42. The minimum atomic E-state index is -0.836. The molecule has 1 aliphatic carbocycles. The van der Waals surface area contributed by atoms with Crippen LogP contribution in [0.25, 0.3) is 0 Å². The minimum Gasteiger partial charge on any atom is -0.480 e. The van der Waals surface area contributed by atoms with E-state index in [1.807, 2.05) is 18.7 Å². The SMILES string of the molecule is CCCNC(=O)c1cccc(C(=O)NC2CC(N(CC)CC(=O)O)C2)c1. The molecule has 2 amide bonds. The third-order valence-corrected chi connectivity index (χ3v) is 4.63. The lowest BCUT2D eigenvalue weighted by molar-refractivity contribution is -0.139. The van der Waals surface area contributed by atoms with Gasteiger partial charge in [-0.05, 0) is 44.0 Å². The van der Waals surface area contributed by atoms with E-state index in [4.69, 9.17) is 5.11 Å². The number of hydrogen-bond donors (Lipinski definition) is 3. The number of likely N-dealkylation sites (N-methyl/N-ethyl adjacent to an activating group) is 1. The van der Waals surface area contributed by atoms with E-state index in [-0.39, 0.29) is 30.4 Å². The van der Waals surface area contributed by atoms with Gasteiger partial charge in [0.25, 0.3) is 11.8 Å².